The average Bonchev–Trinajstić information content (AvgIpc) is 2.68. The number of methoxy groups -OCH3 is 2. The molecule has 0 unspecified atom stereocenters. The van der Waals surface area contributed by atoms with E-state index in [4.69, 9.17) is 9.47 Å². The lowest BCUT2D eigenvalue weighted by Crippen LogP contribution is -2.21. The van der Waals surface area contributed by atoms with Crippen LogP contribution in [0.5, 0.6) is 11.5 Å². The van der Waals surface area contributed by atoms with Gasteiger partial charge in [-0.05, 0) is 47.5 Å². The van der Waals surface area contributed by atoms with Gasteiger partial charge in [-0.1, -0.05) is 24.3 Å². The topological polar surface area (TPSA) is 76.7 Å². The summed E-state index contributed by atoms with van der Waals surface area (Å²) in [6.45, 7) is 0. The first kappa shape index (κ1) is 18.8. The van der Waals surface area contributed by atoms with Crippen LogP contribution in [0.15, 0.2) is 59.9 Å². The first-order chi connectivity index (χ1) is 12.7. The van der Waals surface area contributed by atoms with Crippen LogP contribution in [0.1, 0.15) is 11.1 Å². The fourth-order valence-electron chi connectivity index (χ4n) is 2.25. The van der Waals surface area contributed by atoms with Crippen molar-refractivity contribution >= 4 is 25.0 Å². The van der Waals surface area contributed by atoms with E-state index in [0.717, 1.165) is 22.6 Å². The summed E-state index contributed by atoms with van der Waals surface area (Å²) in [5.41, 5.74) is 2.58. The van der Waals surface area contributed by atoms with E-state index in [1.165, 1.54) is 0 Å². The molecule has 0 spiro atoms. The number of carbonyl (C=O) groups is 2. The molecule has 0 fully saturated rings. The zero-order valence-electron chi connectivity index (χ0n) is 14.6. The van der Waals surface area contributed by atoms with Gasteiger partial charge in [0, 0.05) is 0 Å². The summed E-state index contributed by atoms with van der Waals surface area (Å²) >= 11 is 0. The number of hydrogen-bond donors (Lipinski definition) is 2. The molecule has 2 rings (SSSR count). The van der Waals surface area contributed by atoms with Crippen molar-refractivity contribution in [1.29, 1.82) is 0 Å². The minimum Gasteiger partial charge on any atom is -0.497 e. The molecular formula is C20H20N2O4. The van der Waals surface area contributed by atoms with Gasteiger partial charge >= 0.3 is 0 Å². The van der Waals surface area contributed by atoms with E-state index in [1.807, 2.05) is 48.5 Å². The van der Waals surface area contributed by atoms with Gasteiger partial charge in [0.2, 0.25) is 12.8 Å². The largest absolute Gasteiger partial charge is 0.497 e. The molecule has 2 amide bonds. The van der Waals surface area contributed by atoms with Crippen LogP contribution in [0.2, 0.25) is 0 Å². The predicted molar refractivity (Wildman–Crippen MR) is 100 cm³/mol. The van der Waals surface area contributed by atoms with E-state index in [1.54, 1.807) is 26.4 Å². The van der Waals surface area contributed by atoms with Crippen LogP contribution < -0.4 is 20.1 Å². The third kappa shape index (κ3) is 5.24. The monoisotopic (exact) mass is 352 g/mol. The Bertz CT molecular complexity index is 724. The van der Waals surface area contributed by atoms with Gasteiger partial charge in [0.25, 0.3) is 0 Å². The fourth-order valence-corrected chi connectivity index (χ4v) is 2.25. The van der Waals surface area contributed by atoms with Crippen LogP contribution >= 0.6 is 0 Å². The highest BCUT2D eigenvalue weighted by Crippen LogP contribution is 2.18. The lowest BCUT2D eigenvalue weighted by molar-refractivity contribution is -0.110. The molecular weight excluding hydrogens is 332 g/mol. The Balaban J connectivity index is 2.39. The highest BCUT2D eigenvalue weighted by atomic mass is 16.5. The van der Waals surface area contributed by atoms with Crippen LogP contribution in [0.4, 0.5) is 0 Å². The first-order valence-corrected chi connectivity index (χ1v) is 7.82. The fraction of sp³-hybridized carbons (Fsp3) is 0.100. The molecule has 0 bridgehead atoms. The lowest BCUT2D eigenvalue weighted by Gasteiger charge is -2.11. The smallest absolute Gasteiger partial charge is 0.211 e. The maximum absolute atomic E-state index is 11.0. The van der Waals surface area contributed by atoms with E-state index in [-0.39, 0.29) is 0 Å². The Labute approximate surface area is 152 Å². The SMILES string of the molecule is COc1ccc(/C=C(NC=O)/C(=C/c2ccc(OC)cc2)NC=O)cc1. The Morgan fingerprint density at radius 1 is 0.692 bits per heavy atom. The number of ether oxygens (including phenoxy) is 2. The Morgan fingerprint density at radius 2 is 1.04 bits per heavy atom. The first-order valence-electron chi connectivity index (χ1n) is 7.82. The van der Waals surface area contributed by atoms with Crippen molar-refractivity contribution in [2.45, 2.75) is 0 Å². The molecule has 6 nitrogen and oxygen atoms in total. The van der Waals surface area contributed by atoms with E-state index < -0.39 is 0 Å². The standard InChI is InChI=1S/C20H20N2O4/c1-25-17-7-3-15(4-8-17)11-19(21-13-23)20(22-14-24)12-16-5-9-18(26-2)10-6-16/h3-14H,1-2H3,(H,21,23)(H,22,24)/b19-11-,20-12-. The quantitative estimate of drug-likeness (QED) is 0.537. The molecule has 0 aliphatic carbocycles. The molecule has 0 aliphatic heterocycles. The lowest BCUT2D eigenvalue weighted by atomic mass is 10.1. The van der Waals surface area contributed by atoms with Crippen LogP contribution in [0.25, 0.3) is 12.2 Å². The summed E-state index contributed by atoms with van der Waals surface area (Å²) < 4.78 is 10.3. The molecule has 0 aliphatic rings. The van der Waals surface area contributed by atoms with Crippen molar-refractivity contribution in [2.24, 2.45) is 0 Å². The van der Waals surface area contributed by atoms with Gasteiger partial charge < -0.3 is 20.1 Å². The number of amides is 2. The van der Waals surface area contributed by atoms with Gasteiger partial charge in [-0.3, -0.25) is 9.59 Å². The molecule has 0 saturated heterocycles. The molecule has 2 aromatic rings. The van der Waals surface area contributed by atoms with Gasteiger partial charge in [0.05, 0.1) is 25.6 Å². The maximum atomic E-state index is 11.0. The minimum absolute atomic E-state index is 0.452. The average molecular weight is 352 g/mol. The van der Waals surface area contributed by atoms with Gasteiger partial charge in [0.1, 0.15) is 11.5 Å². The molecule has 6 heteroatoms. The molecule has 134 valence electrons. The van der Waals surface area contributed by atoms with E-state index in [2.05, 4.69) is 10.6 Å². The minimum atomic E-state index is 0.452. The number of benzene rings is 2. The Kier molecular flexibility index (Phi) is 7.00. The van der Waals surface area contributed by atoms with Crippen molar-refractivity contribution in [3.63, 3.8) is 0 Å². The third-order valence-electron chi connectivity index (χ3n) is 3.57. The summed E-state index contributed by atoms with van der Waals surface area (Å²) in [7, 11) is 3.18. The highest BCUT2D eigenvalue weighted by Gasteiger charge is 2.06. The van der Waals surface area contributed by atoms with Crippen LogP contribution in [0, 0.1) is 0 Å². The molecule has 0 heterocycles. The van der Waals surface area contributed by atoms with E-state index >= 15 is 0 Å². The maximum Gasteiger partial charge on any atom is 0.211 e. The second-order valence-electron chi connectivity index (χ2n) is 5.19. The normalized spacial score (nSPS) is 11.5. The molecule has 2 N–H and O–H groups in total. The number of hydrogen-bond acceptors (Lipinski definition) is 4. The van der Waals surface area contributed by atoms with Crippen molar-refractivity contribution in [3.8, 4) is 11.5 Å². The second-order valence-corrected chi connectivity index (χ2v) is 5.19. The third-order valence-corrected chi connectivity index (χ3v) is 3.57. The van der Waals surface area contributed by atoms with Gasteiger partial charge in [-0.2, -0.15) is 0 Å². The summed E-state index contributed by atoms with van der Waals surface area (Å²) in [5.74, 6) is 1.46. The van der Waals surface area contributed by atoms with Gasteiger partial charge in [0.15, 0.2) is 0 Å². The summed E-state index contributed by atoms with van der Waals surface area (Å²) in [6.07, 6.45) is 4.62. The van der Waals surface area contributed by atoms with Gasteiger partial charge in [-0.25, -0.2) is 0 Å². The number of carbonyl (C=O) groups excluding carboxylic acids is 2. The molecule has 0 saturated carbocycles. The van der Waals surface area contributed by atoms with Crippen LogP contribution in [0.3, 0.4) is 0 Å². The molecule has 0 atom stereocenters. The van der Waals surface area contributed by atoms with E-state index in [0.29, 0.717) is 24.2 Å². The second kappa shape index (κ2) is 9.68. The summed E-state index contributed by atoms with van der Waals surface area (Å²) in [5, 5.41) is 5.24. The summed E-state index contributed by atoms with van der Waals surface area (Å²) in [6, 6.07) is 14.6. The highest BCUT2D eigenvalue weighted by molar-refractivity contribution is 5.72. The predicted octanol–water partition coefficient (Wildman–Crippen LogP) is 2.58. The van der Waals surface area contributed by atoms with Crippen LogP contribution in [-0.4, -0.2) is 27.0 Å². The van der Waals surface area contributed by atoms with Crippen molar-refractivity contribution < 1.29 is 19.1 Å². The Morgan fingerprint density at radius 3 is 1.31 bits per heavy atom. The van der Waals surface area contributed by atoms with Crippen molar-refractivity contribution in [3.05, 3.63) is 71.1 Å². The zero-order chi connectivity index (χ0) is 18.8. The molecule has 0 radical (unpaired) electrons. The number of rotatable bonds is 9. The molecule has 26 heavy (non-hydrogen) atoms. The Hall–Kier alpha value is -3.54. The summed E-state index contributed by atoms with van der Waals surface area (Å²) in [4.78, 5) is 22.0. The van der Waals surface area contributed by atoms with Crippen molar-refractivity contribution in [2.75, 3.05) is 14.2 Å². The van der Waals surface area contributed by atoms with Gasteiger partial charge in [-0.15, -0.1) is 0 Å². The van der Waals surface area contributed by atoms with Crippen LogP contribution in [-0.2, 0) is 9.59 Å². The zero-order valence-corrected chi connectivity index (χ0v) is 14.6. The van der Waals surface area contributed by atoms with E-state index in [9.17, 15) is 9.59 Å². The van der Waals surface area contributed by atoms with Crippen molar-refractivity contribution in [1.82, 2.24) is 10.6 Å². The molecule has 2 aromatic carbocycles. The number of nitrogens with one attached hydrogen (secondary N) is 2. The molecule has 0 aromatic heterocycles.